The van der Waals surface area contributed by atoms with Crippen LogP contribution in [0.2, 0.25) is 0 Å². The Balaban J connectivity index is 1.04. The molecular weight excluding hydrogens is 565 g/mol. The van der Waals surface area contributed by atoms with Gasteiger partial charge in [-0.15, -0.1) is 0 Å². The van der Waals surface area contributed by atoms with E-state index in [1.807, 2.05) is 13.1 Å². The van der Waals surface area contributed by atoms with Crippen molar-refractivity contribution in [2.75, 3.05) is 25.5 Å². The third-order valence-electron chi connectivity index (χ3n) is 8.46. The maximum atomic E-state index is 14.0. The van der Waals surface area contributed by atoms with Gasteiger partial charge < -0.3 is 29.7 Å². The van der Waals surface area contributed by atoms with E-state index < -0.39 is 17.6 Å². The lowest BCUT2D eigenvalue weighted by molar-refractivity contribution is -0.139. The van der Waals surface area contributed by atoms with Gasteiger partial charge >= 0.3 is 6.18 Å². The molecule has 4 heterocycles. The van der Waals surface area contributed by atoms with Gasteiger partial charge in [0.2, 0.25) is 5.91 Å². The Morgan fingerprint density at radius 3 is 2.70 bits per heavy atom. The number of pyridine rings is 1. The highest BCUT2D eigenvalue weighted by molar-refractivity contribution is 5.95. The largest absolute Gasteiger partial charge is 0.490 e. The number of likely N-dealkylation sites (tertiary alicyclic amines) is 1. The summed E-state index contributed by atoms with van der Waals surface area (Å²) >= 11 is 0. The second kappa shape index (κ2) is 10.4. The second-order valence-corrected chi connectivity index (χ2v) is 11.4. The summed E-state index contributed by atoms with van der Waals surface area (Å²) in [6, 6.07) is 10.2. The normalized spacial score (nSPS) is 22.9. The second-order valence-electron chi connectivity index (χ2n) is 11.4. The number of hydrogen-bond acceptors (Lipinski definition) is 7. The average Bonchev–Trinajstić information content (AvgIpc) is 3.49. The van der Waals surface area contributed by atoms with E-state index in [4.69, 9.17) is 14.2 Å². The van der Waals surface area contributed by atoms with E-state index in [2.05, 4.69) is 20.5 Å². The van der Waals surface area contributed by atoms with Crippen LogP contribution in [-0.4, -0.2) is 60.1 Å². The van der Waals surface area contributed by atoms with E-state index >= 15 is 0 Å². The molecule has 1 unspecified atom stereocenters. The number of rotatable bonds is 6. The van der Waals surface area contributed by atoms with Crippen molar-refractivity contribution in [3.63, 3.8) is 0 Å². The van der Waals surface area contributed by atoms with Gasteiger partial charge in [0.05, 0.1) is 17.5 Å². The Hall–Kier alpha value is -4.32. The molecule has 1 saturated carbocycles. The number of ether oxygens (including phenoxy) is 3. The molecule has 2 N–H and O–H groups in total. The number of alkyl halides is 3. The molecule has 7 rings (SSSR count). The molecule has 0 spiro atoms. The van der Waals surface area contributed by atoms with Gasteiger partial charge in [0, 0.05) is 42.4 Å². The fourth-order valence-electron chi connectivity index (χ4n) is 6.07. The van der Waals surface area contributed by atoms with E-state index in [0.29, 0.717) is 48.7 Å². The highest BCUT2D eigenvalue weighted by Gasteiger charge is 2.59. The van der Waals surface area contributed by atoms with Gasteiger partial charge in [-0.05, 0) is 68.8 Å². The van der Waals surface area contributed by atoms with Gasteiger partial charge in [0.1, 0.15) is 41.0 Å². The number of halogens is 3. The predicted molar refractivity (Wildman–Crippen MR) is 149 cm³/mol. The van der Waals surface area contributed by atoms with Crippen LogP contribution in [0.3, 0.4) is 0 Å². The molecule has 3 aromatic rings. The zero-order valence-electron chi connectivity index (χ0n) is 23.2. The minimum Gasteiger partial charge on any atom is -0.490 e. The number of nitrogens with one attached hydrogen (secondary N) is 2. The van der Waals surface area contributed by atoms with Crippen LogP contribution in [0.4, 0.5) is 19.0 Å². The Labute approximate surface area is 245 Å². The summed E-state index contributed by atoms with van der Waals surface area (Å²) < 4.78 is 59.8. The molecule has 1 saturated heterocycles. The monoisotopic (exact) mass is 594 g/mol. The van der Waals surface area contributed by atoms with Gasteiger partial charge in [-0.25, -0.2) is 4.98 Å². The smallest absolute Gasteiger partial charge is 0.419 e. The standard InChI is InChI=1S/C31H29F3N4O5/c1-38-12-9-17(10-13-38)41-24-5-2-16(14-21(24)31(32,33)34)30(40)37-27-26-20-15-18(3-6-22(20)43-28(26)27)42-23-8-11-35-29-19(23)4-7-25(39)36-29/h2-3,5-6,8,11,14-15,17,26-28H,4,7,9-10,12-13H2,1H3,(H,37,40)(H,35,36,39)/t26-,27-,28?/m0/s1. The third-order valence-corrected chi connectivity index (χ3v) is 8.46. The van der Waals surface area contributed by atoms with Crippen LogP contribution >= 0.6 is 0 Å². The maximum absolute atomic E-state index is 14.0. The van der Waals surface area contributed by atoms with Crippen molar-refractivity contribution in [3.05, 3.63) is 70.9 Å². The van der Waals surface area contributed by atoms with Crippen molar-refractivity contribution in [2.45, 2.75) is 56.0 Å². The first-order chi connectivity index (χ1) is 20.6. The Morgan fingerprint density at radius 2 is 1.91 bits per heavy atom. The first-order valence-corrected chi connectivity index (χ1v) is 14.3. The van der Waals surface area contributed by atoms with Crippen LogP contribution in [0.25, 0.3) is 0 Å². The van der Waals surface area contributed by atoms with Gasteiger partial charge in [0.15, 0.2) is 0 Å². The highest BCUT2D eigenvalue weighted by Crippen LogP contribution is 2.55. The summed E-state index contributed by atoms with van der Waals surface area (Å²) in [6.07, 6.45) is -1.60. The molecule has 12 heteroatoms. The van der Waals surface area contributed by atoms with E-state index in [-0.39, 0.29) is 41.4 Å². The van der Waals surface area contributed by atoms with Crippen LogP contribution in [-0.2, 0) is 17.4 Å². The molecule has 1 aliphatic carbocycles. The molecule has 2 amide bonds. The molecule has 224 valence electrons. The van der Waals surface area contributed by atoms with Gasteiger partial charge in [-0.1, -0.05) is 0 Å². The molecule has 1 aromatic heterocycles. The number of carbonyl (C=O) groups is 2. The minimum absolute atomic E-state index is 0.0914. The van der Waals surface area contributed by atoms with Crippen LogP contribution in [0, 0.1) is 0 Å². The molecule has 0 bridgehead atoms. The molecule has 0 radical (unpaired) electrons. The molecule has 9 nitrogen and oxygen atoms in total. The van der Waals surface area contributed by atoms with E-state index in [9.17, 15) is 22.8 Å². The van der Waals surface area contributed by atoms with Crippen LogP contribution in [0.15, 0.2) is 48.7 Å². The Bertz CT molecular complexity index is 1600. The number of fused-ring (bicyclic) bond motifs is 4. The fourth-order valence-corrected chi connectivity index (χ4v) is 6.07. The SMILES string of the molecule is CN1CCC(Oc2ccc(C(=O)N[C@@H]3C4Oc5ccc(Oc6ccnc7c6CCC(=O)N7)cc5[C@H]43)cc2C(F)(F)F)CC1. The van der Waals surface area contributed by atoms with Crippen LogP contribution in [0.5, 0.6) is 23.0 Å². The number of benzene rings is 2. The topological polar surface area (TPSA) is 102 Å². The summed E-state index contributed by atoms with van der Waals surface area (Å²) in [5.41, 5.74) is 0.604. The minimum atomic E-state index is -4.68. The van der Waals surface area contributed by atoms with Crippen molar-refractivity contribution in [2.24, 2.45) is 0 Å². The Kier molecular flexibility index (Phi) is 6.68. The number of anilines is 1. The molecule has 2 fully saturated rings. The first kappa shape index (κ1) is 27.5. The van der Waals surface area contributed by atoms with Crippen molar-refractivity contribution in [1.82, 2.24) is 15.2 Å². The van der Waals surface area contributed by atoms with Crippen LogP contribution < -0.4 is 24.8 Å². The number of amides is 2. The van der Waals surface area contributed by atoms with Gasteiger partial charge in [-0.2, -0.15) is 13.2 Å². The zero-order valence-corrected chi connectivity index (χ0v) is 23.2. The lowest BCUT2D eigenvalue weighted by atomic mass is 10.1. The van der Waals surface area contributed by atoms with Gasteiger partial charge in [0.25, 0.3) is 5.91 Å². The fraction of sp³-hybridized carbons (Fsp3) is 0.387. The molecule has 2 aromatic carbocycles. The number of carbonyl (C=O) groups excluding carboxylic acids is 2. The van der Waals surface area contributed by atoms with E-state index in [1.165, 1.54) is 12.1 Å². The third kappa shape index (κ3) is 5.35. The number of hydrogen-bond donors (Lipinski definition) is 2. The van der Waals surface area contributed by atoms with Crippen molar-refractivity contribution < 1.29 is 37.0 Å². The molecule has 43 heavy (non-hydrogen) atoms. The summed E-state index contributed by atoms with van der Waals surface area (Å²) in [5, 5.41) is 5.60. The lowest BCUT2D eigenvalue weighted by Crippen LogP contribution is -2.36. The first-order valence-electron chi connectivity index (χ1n) is 14.3. The summed E-state index contributed by atoms with van der Waals surface area (Å²) in [4.78, 5) is 31.1. The van der Waals surface area contributed by atoms with Crippen molar-refractivity contribution in [1.29, 1.82) is 0 Å². The van der Waals surface area contributed by atoms with Gasteiger partial charge in [-0.3, -0.25) is 9.59 Å². The summed E-state index contributed by atoms with van der Waals surface area (Å²) in [5.74, 6) is 1.19. The average molecular weight is 595 g/mol. The van der Waals surface area contributed by atoms with Crippen molar-refractivity contribution >= 4 is 17.6 Å². The van der Waals surface area contributed by atoms with E-state index in [0.717, 1.165) is 30.3 Å². The molecular formula is C31H29F3N4O5. The number of nitrogens with zero attached hydrogens (tertiary/aromatic N) is 2. The number of piperidine rings is 1. The molecule has 3 aliphatic heterocycles. The van der Waals surface area contributed by atoms with E-state index in [1.54, 1.807) is 24.4 Å². The number of aromatic nitrogens is 1. The van der Waals surface area contributed by atoms with Crippen LogP contribution in [0.1, 0.15) is 52.2 Å². The highest BCUT2D eigenvalue weighted by atomic mass is 19.4. The molecule has 3 atom stereocenters. The predicted octanol–water partition coefficient (Wildman–Crippen LogP) is 4.91. The summed E-state index contributed by atoms with van der Waals surface area (Å²) in [6.45, 7) is 1.50. The Morgan fingerprint density at radius 1 is 1.09 bits per heavy atom. The summed E-state index contributed by atoms with van der Waals surface area (Å²) in [7, 11) is 1.96. The van der Waals surface area contributed by atoms with Crippen molar-refractivity contribution in [3.8, 4) is 23.0 Å². The maximum Gasteiger partial charge on any atom is 0.419 e. The lowest BCUT2D eigenvalue weighted by Gasteiger charge is -2.30. The zero-order chi connectivity index (χ0) is 29.9. The quantitative estimate of drug-likeness (QED) is 0.418. The molecule has 4 aliphatic rings.